The van der Waals surface area contributed by atoms with Crippen LogP contribution in [0.4, 0.5) is 13.2 Å². The summed E-state index contributed by atoms with van der Waals surface area (Å²) in [6.45, 7) is 0. The second kappa shape index (κ2) is 5.04. The second-order valence-electron chi connectivity index (χ2n) is 4.46. The first-order chi connectivity index (χ1) is 10.0. The van der Waals surface area contributed by atoms with E-state index in [9.17, 15) is 13.2 Å². The maximum absolute atomic E-state index is 12.7. The van der Waals surface area contributed by atoms with Crippen LogP contribution in [0.15, 0.2) is 42.9 Å². The van der Waals surface area contributed by atoms with Crippen molar-refractivity contribution in [3.05, 3.63) is 54.0 Å². The molecule has 2 aromatic heterocycles. The number of hydrogen-bond acceptors (Lipinski definition) is 2. The van der Waals surface area contributed by atoms with Gasteiger partial charge in [0.25, 0.3) is 0 Å². The Balaban J connectivity index is 2.19. The van der Waals surface area contributed by atoms with Crippen LogP contribution in [0.25, 0.3) is 16.6 Å². The smallest absolute Gasteiger partial charge is 0.236 e. The van der Waals surface area contributed by atoms with Crippen LogP contribution < -0.4 is 0 Å². The minimum atomic E-state index is -4.43. The average Bonchev–Trinajstić information content (AvgIpc) is 2.96. The van der Waals surface area contributed by atoms with Crippen LogP contribution in [-0.4, -0.2) is 14.8 Å². The van der Waals surface area contributed by atoms with Crippen molar-refractivity contribution in [2.75, 3.05) is 0 Å². The summed E-state index contributed by atoms with van der Waals surface area (Å²) in [6.07, 6.45) is -1.16. The van der Waals surface area contributed by atoms with Crippen LogP contribution >= 0.6 is 11.6 Å². The molecule has 3 aromatic rings. The molecule has 0 N–H and O–H groups in total. The minimum absolute atomic E-state index is 0.278. The van der Waals surface area contributed by atoms with Gasteiger partial charge in [-0.3, -0.25) is 0 Å². The molecule has 21 heavy (non-hydrogen) atoms. The molecule has 1 aromatic carbocycles. The Morgan fingerprint density at radius 3 is 2.43 bits per heavy atom. The van der Waals surface area contributed by atoms with Gasteiger partial charge in [-0.05, 0) is 10.9 Å². The van der Waals surface area contributed by atoms with Gasteiger partial charge in [-0.15, -0.1) is 11.6 Å². The number of alkyl halides is 4. The lowest BCUT2D eigenvalue weighted by Crippen LogP contribution is -2.04. The summed E-state index contributed by atoms with van der Waals surface area (Å²) in [5.41, 5.74) is 0.00835. The van der Waals surface area contributed by atoms with Crippen molar-refractivity contribution < 1.29 is 13.2 Å². The van der Waals surface area contributed by atoms with Gasteiger partial charge in [0, 0.05) is 23.7 Å². The molecule has 0 fully saturated rings. The third-order valence-electron chi connectivity index (χ3n) is 3.13. The number of nitrogens with zero attached hydrogens (tertiary/aromatic N) is 3. The minimum Gasteiger partial charge on any atom is -0.236 e. The zero-order chi connectivity index (χ0) is 15.0. The SMILES string of the molecule is FC(F)(F)c1cnn(-c2ncc(CCl)c3ccccc23)c1. The van der Waals surface area contributed by atoms with Crippen molar-refractivity contribution in [2.24, 2.45) is 0 Å². The Morgan fingerprint density at radius 1 is 1.10 bits per heavy atom. The van der Waals surface area contributed by atoms with Gasteiger partial charge < -0.3 is 0 Å². The summed E-state index contributed by atoms with van der Waals surface area (Å²) >= 11 is 5.86. The highest BCUT2D eigenvalue weighted by atomic mass is 35.5. The van der Waals surface area contributed by atoms with Crippen molar-refractivity contribution in [2.45, 2.75) is 12.1 Å². The van der Waals surface area contributed by atoms with E-state index < -0.39 is 11.7 Å². The third-order valence-corrected chi connectivity index (χ3v) is 3.42. The fourth-order valence-corrected chi connectivity index (χ4v) is 2.32. The molecule has 0 amide bonds. The van der Waals surface area contributed by atoms with Crippen LogP contribution in [0.2, 0.25) is 0 Å². The van der Waals surface area contributed by atoms with Crippen LogP contribution in [0, 0.1) is 0 Å². The molecule has 3 rings (SSSR count). The molecule has 0 spiro atoms. The summed E-state index contributed by atoms with van der Waals surface area (Å²) in [7, 11) is 0. The highest BCUT2D eigenvalue weighted by Crippen LogP contribution is 2.30. The molecule has 0 aliphatic heterocycles. The Morgan fingerprint density at radius 2 is 1.81 bits per heavy atom. The van der Waals surface area contributed by atoms with Crippen molar-refractivity contribution in [1.29, 1.82) is 0 Å². The van der Waals surface area contributed by atoms with E-state index in [1.807, 2.05) is 12.1 Å². The molecule has 0 unspecified atom stereocenters. The van der Waals surface area contributed by atoms with E-state index in [4.69, 9.17) is 11.6 Å². The molecular formula is C14H9ClF3N3. The van der Waals surface area contributed by atoms with Gasteiger partial charge in [-0.1, -0.05) is 24.3 Å². The number of halogens is 4. The molecule has 0 aliphatic carbocycles. The van der Waals surface area contributed by atoms with E-state index >= 15 is 0 Å². The fraction of sp³-hybridized carbons (Fsp3) is 0.143. The van der Waals surface area contributed by atoms with E-state index in [-0.39, 0.29) is 5.88 Å². The number of rotatable bonds is 2. The fourth-order valence-electron chi connectivity index (χ4n) is 2.11. The molecule has 0 bridgehead atoms. The quantitative estimate of drug-likeness (QED) is 0.665. The maximum atomic E-state index is 12.7. The van der Waals surface area contributed by atoms with Crippen molar-refractivity contribution in [1.82, 2.24) is 14.8 Å². The standard InChI is InChI=1S/C14H9ClF3N3/c15-5-9-6-19-13(12-4-2-1-3-11(9)12)21-8-10(7-20-21)14(16,17)18/h1-4,6-8H,5H2. The van der Waals surface area contributed by atoms with Crippen LogP contribution in [-0.2, 0) is 12.1 Å². The van der Waals surface area contributed by atoms with Gasteiger partial charge in [0.1, 0.15) is 0 Å². The van der Waals surface area contributed by atoms with Crippen molar-refractivity contribution in [3.63, 3.8) is 0 Å². The Hall–Kier alpha value is -2.08. The van der Waals surface area contributed by atoms with E-state index in [1.54, 1.807) is 18.3 Å². The Bertz CT molecular complexity index is 796. The molecule has 0 saturated carbocycles. The summed E-state index contributed by atoms with van der Waals surface area (Å²) in [6, 6.07) is 7.27. The predicted octanol–water partition coefficient (Wildman–Crippen LogP) is 4.18. The molecule has 0 radical (unpaired) electrons. The molecule has 0 aliphatic rings. The number of aromatic nitrogens is 3. The summed E-state index contributed by atoms with van der Waals surface area (Å²) < 4.78 is 39.1. The monoisotopic (exact) mass is 311 g/mol. The van der Waals surface area contributed by atoms with Crippen LogP contribution in [0.1, 0.15) is 11.1 Å². The molecule has 7 heteroatoms. The summed E-state index contributed by atoms with van der Waals surface area (Å²) in [5, 5.41) is 5.31. The molecule has 0 atom stereocenters. The first-order valence-electron chi connectivity index (χ1n) is 6.05. The summed E-state index contributed by atoms with van der Waals surface area (Å²) in [4.78, 5) is 4.19. The normalized spacial score (nSPS) is 12.0. The van der Waals surface area contributed by atoms with Crippen molar-refractivity contribution >= 4 is 22.4 Å². The van der Waals surface area contributed by atoms with E-state index in [0.29, 0.717) is 11.2 Å². The second-order valence-corrected chi connectivity index (χ2v) is 4.72. The topological polar surface area (TPSA) is 30.7 Å². The average molecular weight is 312 g/mol. The van der Waals surface area contributed by atoms with Gasteiger partial charge in [-0.2, -0.15) is 18.3 Å². The first-order valence-corrected chi connectivity index (χ1v) is 6.59. The van der Waals surface area contributed by atoms with Crippen LogP contribution in [0.3, 0.4) is 0 Å². The number of pyridine rings is 1. The Kier molecular flexibility index (Phi) is 3.33. The van der Waals surface area contributed by atoms with Gasteiger partial charge in [0.15, 0.2) is 5.82 Å². The van der Waals surface area contributed by atoms with Gasteiger partial charge in [0.05, 0.1) is 11.8 Å². The molecule has 0 saturated heterocycles. The highest BCUT2D eigenvalue weighted by Gasteiger charge is 2.32. The largest absolute Gasteiger partial charge is 0.419 e. The number of benzene rings is 1. The van der Waals surface area contributed by atoms with Gasteiger partial charge >= 0.3 is 6.18 Å². The number of hydrogen-bond donors (Lipinski definition) is 0. The lowest BCUT2D eigenvalue weighted by molar-refractivity contribution is -0.137. The molecule has 108 valence electrons. The lowest BCUT2D eigenvalue weighted by Gasteiger charge is -2.08. The number of fused-ring (bicyclic) bond motifs is 1. The van der Waals surface area contributed by atoms with Gasteiger partial charge in [0.2, 0.25) is 0 Å². The zero-order valence-electron chi connectivity index (χ0n) is 10.6. The zero-order valence-corrected chi connectivity index (χ0v) is 11.4. The maximum Gasteiger partial charge on any atom is 0.419 e. The van der Waals surface area contributed by atoms with E-state index in [0.717, 1.165) is 28.0 Å². The van der Waals surface area contributed by atoms with E-state index in [1.165, 1.54) is 0 Å². The predicted molar refractivity (Wildman–Crippen MR) is 73.4 cm³/mol. The van der Waals surface area contributed by atoms with E-state index in [2.05, 4.69) is 10.1 Å². The van der Waals surface area contributed by atoms with Gasteiger partial charge in [-0.25, -0.2) is 9.67 Å². The summed E-state index contributed by atoms with van der Waals surface area (Å²) in [5.74, 6) is 0.621. The molecular weight excluding hydrogens is 303 g/mol. The highest BCUT2D eigenvalue weighted by molar-refractivity contribution is 6.18. The molecule has 3 nitrogen and oxygen atoms in total. The Labute approximate surface area is 123 Å². The van der Waals surface area contributed by atoms with Crippen molar-refractivity contribution in [3.8, 4) is 5.82 Å². The third kappa shape index (κ3) is 2.47. The molecule has 2 heterocycles. The lowest BCUT2D eigenvalue weighted by atomic mass is 10.1. The first kappa shape index (κ1) is 13.9. The van der Waals surface area contributed by atoms with Crippen LogP contribution in [0.5, 0.6) is 0 Å².